The number of piperidine rings is 1. The van der Waals surface area contributed by atoms with Crippen molar-refractivity contribution >= 4 is 5.91 Å². The Kier molecular flexibility index (Phi) is 5.80. The van der Waals surface area contributed by atoms with Crippen LogP contribution in [0, 0.1) is 18.8 Å². The molecular formula is C18H28N2O. The van der Waals surface area contributed by atoms with Gasteiger partial charge in [0.05, 0.1) is 6.04 Å². The molecule has 21 heavy (non-hydrogen) atoms. The summed E-state index contributed by atoms with van der Waals surface area (Å²) in [6.07, 6.45) is 3.10. The minimum Gasteiger partial charge on any atom is -0.350 e. The third kappa shape index (κ3) is 4.85. The topological polar surface area (TPSA) is 41.1 Å². The lowest BCUT2D eigenvalue weighted by molar-refractivity contribution is -0.123. The first-order valence-electron chi connectivity index (χ1n) is 8.13. The van der Waals surface area contributed by atoms with E-state index in [4.69, 9.17) is 0 Å². The summed E-state index contributed by atoms with van der Waals surface area (Å²) in [7, 11) is 0. The molecule has 1 aromatic rings. The number of amides is 1. The minimum absolute atomic E-state index is 0.0779. The monoisotopic (exact) mass is 288 g/mol. The lowest BCUT2D eigenvalue weighted by Crippen LogP contribution is -2.36. The molecule has 2 unspecified atom stereocenters. The zero-order chi connectivity index (χ0) is 15.2. The van der Waals surface area contributed by atoms with Crippen LogP contribution in [0.2, 0.25) is 0 Å². The maximum Gasteiger partial charge on any atom is 0.220 e. The van der Waals surface area contributed by atoms with Gasteiger partial charge in [-0.25, -0.2) is 0 Å². The van der Waals surface area contributed by atoms with Gasteiger partial charge in [-0.1, -0.05) is 36.8 Å². The first kappa shape index (κ1) is 16.0. The fourth-order valence-electron chi connectivity index (χ4n) is 3.15. The Balaban J connectivity index is 1.83. The maximum absolute atomic E-state index is 12.2. The second kappa shape index (κ2) is 7.60. The molecule has 0 saturated carbocycles. The predicted molar refractivity (Wildman–Crippen MR) is 87.1 cm³/mol. The van der Waals surface area contributed by atoms with Gasteiger partial charge in [0.25, 0.3) is 0 Å². The summed E-state index contributed by atoms with van der Waals surface area (Å²) < 4.78 is 0. The second-order valence-corrected chi connectivity index (χ2v) is 6.49. The van der Waals surface area contributed by atoms with Crippen molar-refractivity contribution in [2.24, 2.45) is 11.8 Å². The van der Waals surface area contributed by atoms with Crippen LogP contribution in [0.4, 0.5) is 0 Å². The van der Waals surface area contributed by atoms with Crippen molar-refractivity contribution in [2.45, 2.75) is 46.1 Å². The molecule has 1 saturated heterocycles. The van der Waals surface area contributed by atoms with Gasteiger partial charge >= 0.3 is 0 Å². The zero-order valence-electron chi connectivity index (χ0n) is 13.5. The smallest absolute Gasteiger partial charge is 0.220 e. The number of rotatable bonds is 5. The Morgan fingerprint density at radius 1 is 1.43 bits per heavy atom. The standard InChI is InChI=1S/C18H28N2O/c1-13-6-4-7-16(10-13)15(3)20-18(21)11-14(2)17-8-5-9-19-12-17/h4,6-7,10,14-15,17,19H,5,8-9,11-12H2,1-3H3,(H,20,21)/t14?,15-,17?/m1/s1. The van der Waals surface area contributed by atoms with Crippen molar-refractivity contribution in [2.75, 3.05) is 13.1 Å². The van der Waals surface area contributed by atoms with Crippen LogP contribution in [-0.4, -0.2) is 19.0 Å². The Morgan fingerprint density at radius 2 is 2.24 bits per heavy atom. The predicted octanol–water partition coefficient (Wildman–Crippen LogP) is 3.20. The van der Waals surface area contributed by atoms with Crippen molar-refractivity contribution in [1.29, 1.82) is 0 Å². The Morgan fingerprint density at radius 3 is 2.90 bits per heavy atom. The summed E-state index contributed by atoms with van der Waals surface area (Å²) in [5.74, 6) is 1.25. The summed E-state index contributed by atoms with van der Waals surface area (Å²) in [4.78, 5) is 12.2. The summed E-state index contributed by atoms with van der Waals surface area (Å²) in [6, 6.07) is 8.42. The van der Waals surface area contributed by atoms with Crippen LogP contribution >= 0.6 is 0 Å². The molecule has 1 fully saturated rings. The van der Waals surface area contributed by atoms with Crippen molar-refractivity contribution in [3.63, 3.8) is 0 Å². The summed E-state index contributed by atoms with van der Waals surface area (Å²) >= 11 is 0. The van der Waals surface area contributed by atoms with Crippen molar-refractivity contribution in [1.82, 2.24) is 10.6 Å². The highest BCUT2D eigenvalue weighted by atomic mass is 16.1. The Hall–Kier alpha value is -1.35. The number of nitrogens with one attached hydrogen (secondary N) is 2. The maximum atomic E-state index is 12.2. The van der Waals surface area contributed by atoms with E-state index in [0.29, 0.717) is 18.3 Å². The molecule has 1 heterocycles. The van der Waals surface area contributed by atoms with Crippen LogP contribution in [0.15, 0.2) is 24.3 Å². The molecule has 2 N–H and O–H groups in total. The lowest BCUT2D eigenvalue weighted by Gasteiger charge is -2.28. The molecule has 1 aliphatic heterocycles. The van der Waals surface area contributed by atoms with Gasteiger partial charge in [-0.15, -0.1) is 0 Å². The Bertz CT molecular complexity index is 466. The van der Waals surface area contributed by atoms with E-state index in [1.807, 2.05) is 6.07 Å². The molecule has 1 amide bonds. The van der Waals surface area contributed by atoms with Crippen LogP contribution in [0.5, 0.6) is 0 Å². The average Bonchev–Trinajstić information content (AvgIpc) is 2.48. The third-order valence-corrected chi connectivity index (χ3v) is 4.57. The number of benzene rings is 1. The molecule has 0 bridgehead atoms. The van der Waals surface area contributed by atoms with Gasteiger partial charge < -0.3 is 10.6 Å². The van der Waals surface area contributed by atoms with Crippen LogP contribution in [-0.2, 0) is 4.79 Å². The van der Waals surface area contributed by atoms with Gasteiger partial charge in [-0.05, 0) is 57.2 Å². The van der Waals surface area contributed by atoms with Gasteiger partial charge in [0.1, 0.15) is 0 Å². The number of hydrogen-bond acceptors (Lipinski definition) is 2. The van der Waals surface area contributed by atoms with E-state index in [0.717, 1.165) is 13.1 Å². The molecule has 116 valence electrons. The van der Waals surface area contributed by atoms with Crippen LogP contribution < -0.4 is 10.6 Å². The molecule has 3 atom stereocenters. The molecule has 2 rings (SSSR count). The number of carbonyl (C=O) groups excluding carboxylic acids is 1. The highest BCUT2D eigenvalue weighted by Gasteiger charge is 2.22. The molecular weight excluding hydrogens is 260 g/mol. The fourth-order valence-corrected chi connectivity index (χ4v) is 3.15. The largest absolute Gasteiger partial charge is 0.350 e. The molecule has 3 heteroatoms. The lowest BCUT2D eigenvalue weighted by atomic mass is 9.85. The van der Waals surface area contributed by atoms with Gasteiger partial charge in [-0.2, -0.15) is 0 Å². The van der Waals surface area contributed by atoms with E-state index in [2.05, 4.69) is 49.6 Å². The highest BCUT2D eigenvalue weighted by Crippen LogP contribution is 2.23. The van der Waals surface area contributed by atoms with E-state index in [-0.39, 0.29) is 11.9 Å². The number of hydrogen-bond donors (Lipinski definition) is 2. The quantitative estimate of drug-likeness (QED) is 0.873. The summed E-state index contributed by atoms with van der Waals surface area (Å²) in [6.45, 7) is 8.52. The molecule has 1 aromatic carbocycles. The molecule has 0 radical (unpaired) electrons. The zero-order valence-corrected chi connectivity index (χ0v) is 13.5. The van der Waals surface area contributed by atoms with Gasteiger partial charge in [0.2, 0.25) is 5.91 Å². The third-order valence-electron chi connectivity index (χ3n) is 4.57. The van der Waals surface area contributed by atoms with Gasteiger partial charge in [0, 0.05) is 6.42 Å². The normalized spacial score (nSPS) is 21.6. The van der Waals surface area contributed by atoms with Crippen molar-refractivity contribution in [3.05, 3.63) is 35.4 Å². The van der Waals surface area contributed by atoms with Crippen molar-refractivity contribution in [3.8, 4) is 0 Å². The first-order chi connectivity index (χ1) is 10.1. The van der Waals surface area contributed by atoms with Gasteiger partial charge in [0.15, 0.2) is 0 Å². The van der Waals surface area contributed by atoms with Crippen LogP contribution in [0.3, 0.4) is 0 Å². The molecule has 0 aliphatic carbocycles. The van der Waals surface area contributed by atoms with E-state index < -0.39 is 0 Å². The van der Waals surface area contributed by atoms with E-state index >= 15 is 0 Å². The average molecular weight is 288 g/mol. The van der Waals surface area contributed by atoms with Crippen molar-refractivity contribution < 1.29 is 4.79 Å². The Labute approximate surface area is 128 Å². The number of aryl methyl sites for hydroxylation is 1. The van der Waals surface area contributed by atoms with E-state index in [9.17, 15) is 4.79 Å². The highest BCUT2D eigenvalue weighted by molar-refractivity contribution is 5.76. The first-order valence-corrected chi connectivity index (χ1v) is 8.13. The summed E-state index contributed by atoms with van der Waals surface area (Å²) in [5, 5.41) is 6.56. The van der Waals surface area contributed by atoms with Crippen LogP contribution in [0.25, 0.3) is 0 Å². The number of carbonyl (C=O) groups is 1. The second-order valence-electron chi connectivity index (χ2n) is 6.49. The molecule has 0 spiro atoms. The van der Waals surface area contributed by atoms with E-state index in [1.165, 1.54) is 24.0 Å². The molecule has 1 aliphatic rings. The molecule has 0 aromatic heterocycles. The summed E-state index contributed by atoms with van der Waals surface area (Å²) in [5.41, 5.74) is 2.41. The van der Waals surface area contributed by atoms with Gasteiger partial charge in [-0.3, -0.25) is 4.79 Å². The fraction of sp³-hybridized carbons (Fsp3) is 0.611. The molecule has 3 nitrogen and oxygen atoms in total. The minimum atomic E-state index is 0.0779. The SMILES string of the molecule is Cc1cccc([C@@H](C)NC(=O)CC(C)C2CCCNC2)c1. The van der Waals surface area contributed by atoms with E-state index in [1.54, 1.807) is 0 Å². The van der Waals surface area contributed by atoms with Crippen LogP contribution in [0.1, 0.15) is 50.3 Å².